The minimum atomic E-state index is -3.01. The number of ether oxygens (including phenoxy) is 1. The summed E-state index contributed by atoms with van der Waals surface area (Å²) in [5.74, 6) is -0.878. The lowest BCUT2D eigenvalue weighted by Crippen LogP contribution is -2.20. The second-order valence-electron chi connectivity index (χ2n) is 4.88. The Hall–Kier alpha value is -2.96. The van der Waals surface area contributed by atoms with E-state index in [2.05, 4.69) is 15.4 Å². The predicted molar refractivity (Wildman–Crippen MR) is 85.2 cm³/mol. The van der Waals surface area contributed by atoms with Crippen molar-refractivity contribution in [2.24, 2.45) is 0 Å². The third-order valence-corrected chi connectivity index (χ3v) is 3.20. The number of amides is 2. The molecule has 2 N–H and O–H groups in total. The SMILES string of the molecule is CNC(=O)Cc1ccc(NC(=O)c2ccccc2OC(F)F)cc1. The molecule has 2 aromatic carbocycles. The van der Waals surface area contributed by atoms with Gasteiger partial charge >= 0.3 is 6.61 Å². The molecule has 0 atom stereocenters. The van der Waals surface area contributed by atoms with E-state index in [9.17, 15) is 18.4 Å². The summed E-state index contributed by atoms with van der Waals surface area (Å²) in [5, 5.41) is 5.12. The summed E-state index contributed by atoms with van der Waals surface area (Å²) in [4.78, 5) is 23.5. The van der Waals surface area contributed by atoms with Crippen LogP contribution in [0, 0.1) is 0 Å². The molecule has 0 spiro atoms. The molecule has 0 aliphatic rings. The highest BCUT2D eigenvalue weighted by atomic mass is 19.3. The van der Waals surface area contributed by atoms with Crippen LogP contribution in [0.3, 0.4) is 0 Å². The first-order valence-electron chi connectivity index (χ1n) is 7.14. The number of benzene rings is 2. The lowest BCUT2D eigenvalue weighted by molar-refractivity contribution is -0.119. The smallest absolute Gasteiger partial charge is 0.387 e. The van der Waals surface area contributed by atoms with Gasteiger partial charge in [-0.05, 0) is 29.8 Å². The molecular weight excluding hydrogens is 318 g/mol. The molecule has 0 saturated heterocycles. The number of para-hydroxylation sites is 1. The fourth-order valence-electron chi connectivity index (χ4n) is 2.03. The predicted octanol–water partition coefficient (Wildman–Crippen LogP) is 2.83. The molecule has 0 fully saturated rings. The summed E-state index contributed by atoms with van der Waals surface area (Å²) >= 11 is 0. The van der Waals surface area contributed by atoms with Gasteiger partial charge in [0.25, 0.3) is 5.91 Å². The van der Waals surface area contributed by atoms with Crippen LogP contribution in [0.5, 0.6) is 5.75 Å². The number of likely N-dealkylation sites (N-methyl/N-ethyl adjacent to an activating group) is 1. The molecule has 0 aromatic heterocycles. The standard InChI is InChI=1S/C17H16F2N2O3/c1-20-15(22)10-11-6-8-12(9-7-11)21-16(23)13-4-2-3-5-14(13)24-17(18)19/h2-9,17H,10H2,1H3,(H,20,22)(H,21,23). The Morgan fingerprint density at radius 1 is 1.08 bits per heavy atom. The monoisotopic (exact) mass is 334 g/mol. The molecule has 7 heteroatoms. The van der Waals surface area contributed by atoms with Gasteiger partial charge in [0, 0.05) is 12.7 Å². The second-order valence-corrected chi connectivity index (χ2v) is 4.88. The normalized spacial score (nSPS) is 10.3. The number of alkyl halides is 2. The van der Waals surface area contributed by atoms with E-state index in [0.717, 1.165) is 5.56 Å². The molecule has 0 saturated carbocycles. The zero-order valence-electron chi connectivity index (χ0n) is 12.9. The molecule has 0 aliphatic carbocycles. The van der Waals surface area contributed by atoms with Crippen LogP contribution in [-0.4, -0.2) is 25.5 Å². The number of anilines is 1. The van der Waals surface area contributed by atoms with Crippen LogP contribution in [0.25, 0.3) is 0 Å². The second kappa shape index (κ2) is 8.05. The number of nitrogens with one attached hydrogen (secondary N) is 2. The fraction of sp³-hybridized carbons (Fsp3) is 0.176. The Labute approximate surface area is 137 Å². The van der Waals surface area contributed by atoms with Crippen molar-refractivity contribution in [3.63, 3.8) is 0 Å². The van der Waals surface area contributed by atoms with Gasteiger partial charge in [-0.2, -0.15) is 8.78 Å². The molecule has 0 bridgehead atoms. The van der Waals surface area contributed by atoms with E-state index in [1.165, 1.54) is 18.2 Å². The largest absolute Gasteiger partial charge is 0.434 e. The highest BCUT2D eigenvalue weighted by molar-refractivity contribution is 6.06. The van der Waals surface area contributed by atoms with E-state index in [1.54, 1.807) is 37.4 Å². The molecular formula is C17H16F2N2O3. The lowest BCUT2D eigenvalue weighted by Gasteiger charge is -2.11. The van der Waals surface area contributed by atoms with Crippen molar-refractivity contribution in [3.05, 3.63) is 59.7 Å². The minimum Gasteiger partial charge on any atom is -0.434 e. The molecule has 2 amide bonds. The fourth-order valence-corrected chi connectivity index (χ4v) is 2.03. The van der Waals surface area contributed by atoms with Crippen LogP contribution in [-0.2, 0) is 11.2 Å². The van der Waals surface area contributed by atoms with E-state index in [-0.39, 0.29) is 23.6 Å². The Morgan fingerprint density at radius 3 is 2.38 bits per heavy atom. The Balaban J connectivity index is 2.08. The van der Waals surface area contributed by atoms with Gasteiger partial charge in [0.05, 0.1) is 12.0 Å². The van der Waals surface area contributed by atoms with Gasteiger partial charge in [-0.1, -0.05) is 24.3 Å². The summed E-state index contributed by atoms with van der Waals surface area (Å²) in [5.41, 5.74) is 1.27. The van der Waals surface area contributed by atoms with Crippen molar-refractivity contribution < 1.29 is 23.1 Å². The lowest BCUT2D eigenvalue weighted by atomic mass is 10.1. The number of carbonyl (C=O) groups excluding carboxylic acids is 2. The maximum Gasteiger partial charge on any atom is 0.387 e. The zero-order valence-corrected chi connectivity index (χ0v) is 12.9. The summed E-state index contributed by atoms with van der Waals surface area (Å²) in [7, 11) is 1.55. The van der Waals surface area contributed by atoms with Crippen LogP contribution in [0.4, 0.5) is 14.5 Å². The van der Waals surface area contributed by atoms with Crippen molar-refractivity contribution in [1.82, 2.24) is 5.32 Å². The highest BCUT2D eigenvalue weighted by Crippen LogP contribution is 2.21. The van der Waals surface area contributed by atoms with Gasteiger partial charge in [0.2, 0.25) is 5.91 Å². The van der Waals surface area contributed by atoms with E-state index in [1.807, 2.05) is 0 Å². The molecule has 126 valence electrons. The van der Waals surface area contributed by atoms with Crippen molar-refractivity contribution in [3.8, 4) is 5.75 Å². The van der Waals surface area contributed by atoms with Crippen molar-refractivity contribution in [1.29, 1.82) is 0 Å². The van der Waals surface area contributed by atoms with Gasteiger partial charge in [-0.15, -0.1) is 0 Å². The number of hydrogen-bond acceptors (Lipinski definition) is 3. The van der Waals surface area contributed by atoms with Crippen LogP contribution in [0.2, 0.25) is 0 Å². The molecule has 2 aromatic rings. The van der Waals surface area contributed by atoms with E-state index >= 15 is 0 Å². The number of hydrogen-bond donors (Lipinski definition) is 2. The quantitative estimate of drug-likeness (QED) is 0.854. The average Bonchev–Trinajstić information content (AvgIpc) is 2.56. The number of carbonyl (C=O) groups is 2. The maximum absolute atomic E-state index is 12.4. The average molecular weight is 334 g/mol. The molecule has 0 aliphatic heterocycles. The van der Waals surface area contributed by atoms with Crippen LogP contribution >= 0.6 is 0 Å². The van der Waals surface area contributed by atoms with E-state index in [0.29, 0.717) is 5.69 Å². The van der Waals surface area contributed by atoms with E-state index < -0.39 is 12.5 Å². The first-order chi connectivity index (χ1) is 11.5. The molecule has 0 heterocycles. The number of halogens is 2. The summed E-state index contributed by atoms with van der Waals surface area (Å²) in [6.45, 7) is -3.01. The third kappa shape index (κ3) is 4.77. The Bertz CT molecular complexity index is 718. The van der Waals surface area contributed by atoms with Crippen LogP contribution in [0.15, 0.2) is 48.5 Å². The summed E-state index contributed by atoms with van der Waals surface area (Å²) < 4.78 is 29.1. The van der Waals surface area contributed by atoms with Crippen molar-refractivity contribution >= 4 is 17.5 Å². The van der Waals surface area contributed by atoms with Gasteiger partial charge in [0.15, 0.2) is 0 Å². The Morgan fingerprint density at radius 2 is 1.75 bits per heavy atom. The van der Waals surface area contributed by atoms with Crippen LogP contribution < -0.4 is 15.4 Å². The maximum atomic E-state index is 12.4. The molecule has 0 unspecified atom stereocenters. The van der Waals surface area contributed by atoms with Gasteiger partial charge in [0.1, 0.15) is 5.75 Å². The minimum absolute atomic E-state index is 0.00670. The first kappa shape index (κ1) is 17.4. The van der Waals surface area contributed by atoms with Crippen molar-refractivity contribution in [2.75, 3.05) is 12.4 Å². The topological polar surface area (TPSA) is 67.4 Å². The highest BCUT2D eigenvalue weighted by Gasteiger charge is 2.15. The molecule has 24 heavy (non-hydrogen) atoms. The number of rotatable bonds is 6. The van der Waals surface area contributed by atoms with Gasteiger partial charge < -0.3 is 15.4 Å². The molecule has 2 rings (SSSR count). The first-order valence-corrected chi connectivity index (χ1v) is 7.14. The summed E-state index contributed by atoms with van der Waals surface area (Å²) in [6.07, 6.45) is 0.232. The molecule has 0 radical (unpaired) electrons. The molecule has 5 nitrogen and oxygen atoms in total. The Kier molecular flexibility index (Phi) is 5.83. The summed E-state index contributed by atoms with van der Waals surface area (Å²) in [6, 6.07) is 12.4. The third-order valence-electron chi connectivity index (χ3n) is 3.20. The van der Waals surface area contributed by atoms with Crippen LogP contribution in [0.1, 0.15) is 15.9 Å². The zero-order chi connectivity index (χ0) is 17.5. The van der Waals surface area contributed by atoms with Crippen molar-refractivity contribution in [2.45, 2.75) is 13.0 Å². The van der Waals surface area contributed by atoms with Gasteiger partial charge in [-0.25, -0.2) is 0 Å². The van der Waals surface area contributed by atoms with E-state index in [4.69, 9.17) is 0 Å². The van der Waals surface area contributed by atoms with Gasteiger partial charge in [-0.3, -0.25) is 9.59 Å².